The number of anilines is 1. The predicted octanol–water partition coefficient (Wildman–Crippen LogP) is 4.47. The predicted molar refractivity (Wildman–Crippen MR) is 71.7 cm³/mol. The summed E-state index contributed by atoms with van der Waals surface area (Å²) in [5.74, 6) is -2.25. The third-order valence-electron chi connectivity index (χ3n) is 3.79. The average Bonchev–Trinajstić information content (AvgIpc) is 2.40. The quantitative estimate of drug-likeness (QED) is 0.647. The van der Waals surface area contributed by atoms with Crippen LogP contribution in [0.3, 0.4) is 0 Å². The normalized spacial score (nSPS) is 23.6. The van der Waals surface area contributed by atoms with E-state index in [4.69, 9.17) is 17.3 Å². The van der Waals surface area contributed by atoms with Crippen molar-refractivity contribution in [2.45, 2.75) is 31.9 Å². The molecule has 1 saturated carbocycles. The minimum absolute atomic E-state index is 0.107. The molecule has 1 aliphatic carbocycles. The standard InChI is InChI=1S/C14H15ClF3NO/c15-11-7-9(4-5-12(11)19)13(20)8-2-1-3-10(6-8)14(16,17)18/h4-5,7-8,10H,1-3,6,19H2. The zero-order valence-corrected chi connectivity index (χ0v) is 11.5. The van der Waals surface area contributed by atoms with E-state index in [-0.39, 0.29) is 23.6 Å². The van der Waals surface area contributed by atoms with Crippen molar-refractivity contribution in [2.24, 2.45) is 11.8 Å². The van der Waals surface area contributed by atoms with E-state index < -0.39 is 18.0 Å². The van der Waals surface area contributed by atoms with Gasteiger partial charge in [0.2, 0.25) is 0 Å². The van der Waals surface area contributed by atoms with Gasteiger partial charge in [0.1, 0.15) is 0 Å². The Morgan fingerprint density at radius 1 is 1.30 bits per heavy atom. The minimum Gasteiger partial charge on any atom is -0.398 e. The van der Waals surface area contributed by atoms with Crippen LogP contribution in [0.15, 0.2) is 18.2 Å². The summed E-state index contributed by atoms with van der Waals surface area (Å²) in [7, 11) is 0. The van der Waals surface area contributed by atoms with E-state index in [1.165, 1.54) is 18.2 Å². The summed E-state index contributed by atoms with van der Waals surface area (Å²) in [5, 5.41) is 0.249. The second-order valence-corrected chi connectivity index (χ2v) is 5.61. The van der Waals surface area contributed by atoms with Crippen LogP contribution in [0, 0.1) is 11.8 Å². The Balaban J connectivity index is 2.14. The van der Waals surface area contributed by atoms with E-state index in [1.807, 2.05) is 0 Å². The zero-order valence-electron chi connectivity index (χ0n) is 10.7. The number of halogens is 4. The van der Waals surface area contributed by atoms with Gasteiger partial charge >= 0.3 is 6.18 Å². The molecule has 1 aliphatic rings. The van der Waals surface area contributed by atoms with Crippen molar-refractivity contribution in [3.8, 4) is 0 Å². The molecule has 2 nitrogen and oxygen atoms in total. The number of carbonyl (C=O) groups excluding carboxylic acids is 1. The second-order valence-electron chi connectivity index (χ2n) is 5.20. The van der Waals surface area contributed by atoms with E-state index in [9.17, 15) is 18.0 Å². The van der Waals surface area contributed by atoms with Gasteiger partial charge in [-0.1, -0.05) is 18.0 Å². The van der Waals surface area contributed by atoms with Gasteiger partial charge in [-0.2, -0.15) is 13.2 Å². The van der Waals surface area contributed by atoms with Crippen molar-refractivity contribution in [3.05, 3.63) is 28.8 Å². The van der Waals surface area contributed by atoms with E-state index in [0.29, 0.717) is 24.1 Å². The summed E-state index contributed by atoms with van der Waals surface area (Å²) in [6.45, 7) is 0. The molecular formula is C14H15ClF3NO. The lowest BCUT2D eigenvalue weighted by Gasteiger charge is -2.29. The van der Waals surface area contributed by atoms with Gasteiger partial charge in [-0.3, -0.25) is 4.79 Å². The molecule has 2 atom stereocenters. The first kappa shape index (κ1) is 15.2. The molecule has 0 radical (unpaired) electrons. The fourth-order valence-electron chi connectivity index (χ4n) is 2.64. The monoisotopic (exact) mass is 305 g/mol. The van der Waals surface area contributed by atoms with Gasteiger partial charge in [0.15, 0.2) is 5.78 Å². The van der Waals surface area contributed by atoms with Crippen molar-refractivity contribution in [3.63, 3.8) is 0 Å². The molecule has 2 N–H and O–H groups in total. The van der Waals surface area contributed by atoms with E-state index in [1.54, 1.807) is 0 Å². The smallest absolute Gasteiger partial charge is 0.391 e. The molecule has 0 saturated heterocycles. The Kier molecular flexibility index (Phi) is 4.28. The largest absolute Gasteiger partial charge is 0.398 e. The topological polar surface area (TPSA) is 43.1 Å². The third kappa shape index (κ3) is 3.26. The van der Waals surface area contributed by atoms with Crippen LogP contribution in [0.25, 0.3) is 0 Å². The molecule has 0 aliphatic heterocycles. The number of benzene rings is 1. The molecular weight excluding hydrogens is 291 g/mol. The highest BCUT2D eigenvalue weighted by Gasteiger charge is 2.43. The van der Waals surface area contributed by atoms with Gasteiger partial charge in [0, 0.05) is 11.5 Å². The van der Waals surface area contributed by atoms with Gasteiger partial charge in [-0.15, -0.1) is 0 Å². The maximum Gasteiger partial charge on any atom is 0.391 e. The number of ketones is 1. The number of hydrogen-bond acceptors (Lipinski definition) is 2. The first-order chi connectivity index (χ1) is 9.29. The van der Waals surface area contributed by atoms with Crippen LogP contribution in [-0.4, -0.2) is 12.0 Å². The summed E-state index contributed by atoms with van der Waals surface area (Å²) < 4.78 is 38.2. The molecule has 2 unspecified atom stereocenters. The van der Waals surface area contributed by atoms with Crippen LogP contribution in [0.2, 0.25) is 5.02 Å². The Hall–Kier alpha value is -1.23. The SMILES string of the molecule is Nc1ccc(C(=O)C2CCCC(C(F)(F)F)C2)cc1Cl. The van der Waals surface area contributed by atoms with Crippen molar-refractivity contribution >= 4 is 23.1 Å². The molecule has 2 rings (SSSR count). The molecule has 1 aromatic rings. The molecule has 0 bridgehead atoms. The second kappa shape index (κ2) is 5.64. The number of nitrogen functional groups attached to an aromatic ring is 1. The third-order valence-corrected chi connectivity index (χ3v) is 4.12. The van der Waals surface area contributed by atoms with Gasteiger partial charge in [0.05, 0.1) is 16.6 Å². The molecule has 6 heteroatoms. The highest BCUT2D eigenvalue weighted by atomic mass is 35.5. The summed E-state index contributed by atoms with van der Waals surface area (Å²) in [5.41, 5.74) is 6.23. The van der Waals surface area contributed by atoms with Gasteiger partial charge in [0.25, 0.3) is 0 Å². The Labute approximate surface area is 120 Å². The van der Waals surface area contributed by atoms with Crippen molar-refractivity contribution in [1.29, 1.82) is 0 Å². The highest BCUT2D eigenvalue weighted by Crippen LogP contribution is 2.41. The minimum atomic E-state index is -4.22. The fourth-order valence-corrected chi connectivity index (χ4v) is 2.82. The van der Waals surface area contributed by atoms with Crippen LogP contribution in [0.1, 0.15) is 36.0 Å². The number of carbonyl (C=O) groups is 1. The van der Waals surface area contributed by atoms with E-state index in [2.05, 4.69) is 0 Å². The number of rotatable bonds is 2. The van der Waals surface area contributed by atoms with Crippen LogP contribution in [-0.2, 0) is 0 Å². The first-order valence-electron chi connectivity index (χ1n) is 6.45. The fraction of sp³-hybridized carbons (Fsp3) is 0.500. The average molecular weight is 306 g/mol. The Morgan fingerprint density at radius 2 is 2.00 bits per heavy atom. The lowest BCUT2D eigenvalue weighted by atomic mass is 9.77. The maximum absolute atomic E-state index is 12.7. The molecule has 110 valence electrons. The molecule has 1 aromatic carbocycles. The summed E-state index contributed by atoms with van der Waals surface area (Å²) >= 11 is 5.84. The zero-order chi connectivity index (χ0) is 14.9. The maximum atomic E-state index is 12.7. The lowest BCUT2D eigenvalue weighted by Crippen LogP contribution is -2.31. The number of Topliss-reactive ketones (excluding diaryl/α,β-unsaturated/α-hetero) is 1. The van der Waals surface area contributed by atoms with Crippen LogP contribution < -0.4 is 5.73 Å². The van der Waals surface area contributed by atoms with Crippen LogP contribution in [0.5, 0.6) is 0 Å². The van der Waals surface area contributed by atoms with Crippen molar-refractivity contribution in [2.75, 3.05) is 5.73 Å². The summed E-state index contributed by atoms with van der Waals surface area (Å²) in [4.78, 5) is 12.3. The summed E-state index contributed by atoms with van der Waals surface area (Å²) in [6.07, 6.45) is -3.34. The molecule has 1 fully saturated rings. The van der Waals surface area contributed by atoms with Gasteiger partial charge in [-0.25, -0.2) is 0 Å². The molecule has 0 aromatic heterocycles. The molecule has 0 spiro atoms. The van der Waals surface area contributed by atoms with Gasteiger partial charge < -0.3 is 5.73 Å². The van der Waals surface area contributed by atoms with Crippen LogP contribution in [0.4, 0.5) is 18.9 Å². The van der Waals surface area contributed by atoms with Crippen molar-refractivity contribution < 1.29 is 18.0 Å². The number of hydrogen-bond donors (Lipinski definition) is 1. The Bertz CT molecular complexity index is 516. The molecule has 20 heavy (non-hydrogen) atoms. The van der Waals surface area contributed by atoms with Gasteiger partial charge in [-0.05, 0) is 37.5 Å². The molecule has 0 heterocycles. The summed E-state index contributed by atoms with van der Waals surface area (Å²) in [6, 6.07) is 4.44. The molecule has 0 amide bonds. The first-order valence-corrected chi connectivity index (χ1v) is 6.83. The Morgan fingerprint density at radius 3 is 2.60 bits per heavy atom. The number of alkyl halides is 3. The van der Waals surface area contributed by atoms with Crippen molar-refractivity contribution in [1.82, 2.24) is 0 Å². The van der Waals surface area contributed by atoms with Crippen LogP contribution >= 0.6 is 11.6 Å². The van der Waals surface area contributed by atoms with E-state index >= 15 is 0 Å². The van der Waals surface area contributed by atoms with E-state index in [0.717, 1.165) is 0 Å². The number of nitrogens with two attached hydrogens (primary N) is 1. The lowest BCUT2D eigenvalue weighted by molar-refractivity contribution is -0.184. The highest BCUT2D eigenvalue weighted by molar-refractivity contribution is 6.33.